The molecule has 0 atom stereocenters. The molecule has 3 amide bonds. The number of urea groups is 1. The van der Waals surface area contributed by atoms with Gasteiger partial charge in [0.05, 0.1) is 0 Å². The van der Waals surface area contributed by atoms with Crippen LogP contribution in [0.2, 0.25) is 0 Å². The van der Waals surface area contributed by atoms with Crippen LogP contribution >= 0.6 is 0 Å². The Hall–Kier alpha value is -3.15. The van der Waals surface area contributed by atoms with Crippen molar-refractivity contribution in [2.24, 2.45) is 0 Å². The highest BCUT2D eigenvalue weighted by Gasteiger charge is 2.25. The van der Waals surface area contributed by atoms with Gasteiger partial charge < -0.3 is 10.1 Å². The SMILES string of the molecule is O=C(COC(=O)C(c1ccccc1)c1ccccc1)NC(=O)NC1CCCC1. The molecule has 0 bridgehead atoms. The van der Waals surface area contributed by atoms with E-state index in [1.807, 2.05) is 60.7 Å². The fraction of sp³-hybridized carbons (Fsp3) is 0.318. The van der Waals surface area contributed by atoms with Crippen LogP contribution in [0, 0.1) is 0 Å². The van der Waals surface area contributed by atoms with Gasteiger partial charge in [-0.2, -0.15) is 0 Å². The first kappa shape index (κ1) is 19.6. The van der Waals surface area contributed by atoms with Crippen LogP contribution in [0.4, 0.5) is 4.79 Å². The predicted octanol–water partition coefficient (Wildman–Crippen LogP) is 3.13. The molecule has 0 heterocycles. The Morgan fingerprint density at radius 1 is 0.893 bits per heavy atom. The van der Waals surface area contributed by atoms with Gasteiger partial charge >= 0.3 is 12.0 Å². The zero-order valence-corrected chi connectivity index (χ0v) is 15.6. The first-order chi connectivity index (χ1) is 13.6. The number of carbonyl (C=O) groups is 3. The molecule has 1 aliphatic rings. The lowest BCUT2D eigenvalue weighted by Gasteiger charge is -2.17. The van der Waals surface area contributed by atoms with Crippen molar-refractivity contribution < 1.29 is 19.1 Å². The van der Waals surface area contributed by atoms with Gasteiger partial charge in [-0.3, -0.25) is 14.9 Å². The second-order valence-electron chi connectivity index (χ2n) is 6.87. The Labute approximate surface area is 164 Å². The van der Waals surface area contributed by atoms with Crippen LogP contribution in [0.5, 0.6) is 0 Å². The summed E-state index contributed by atoms with van der Waals surface area (Å²) in [5, 5.41) is 4.97. The van der Waals surface area contributed by atoms with Gasteiger partial charge in [0.2, 0.25) is 0 Å². The van der Waals surface area contributed by atoms with Crippen molar-refractivity contribution in [1.29, 1.82) is 0 Å². The van der Waals surface area contributed by atoms with E-state index in [9.17, 15) is 14.4 Å². The minimum absolute atomic E-state index is 0.107. The number of carbonyl (C=O) groups excluding carboxylic acids is 3. The lowest BCUT2D eigenvalue weighted by molar-refractivity contribution is -0.148. The Bertz CT molecular complexity index is 762. The summed E-state index contributed by atoms with van der Waals surface area (Å²) in [5.74, 6) is -1.82. The number of hydrogen-bond donors (Lipinski definition) is 2. The molecule has 2 aromatic carbocycles. The number of rotatable bonds is 6. The number of ether oxygens (including phenoxy) is 1. The van der Waals surface area contributed by atoms with E-state index in [0.717, 1.165) is 36.8 Å². The zero-order chi connectivity index (χ0) is 19.8. The molecule has 2 aromatic rings. The molecule has 0 spiro atoms. The van der Waals surface area contributed by atoms with E-state index in [1.165, 1.54) is 0 Å². The third-order valence-electron chi connectivity index (χ3n) is 4.79. The van der Waals surface area contributed by atoms with Crippen LogP contribution < -0.4 is 10.6 Å². The molecule has 0 saturated heterocycles. The van der Waals surface area contributed by atoms with Crippen molar-refractivity contribution in [3.63, 3.8) is 0 Å². The highest BCUT2D eigenvalue weighted by atomic mass is 16.5. The van der Waals surface area contributed by atoms with E-state index >= 15 is 0 Å². The minimum Gasteiger partial charge on any atom is -0.455 e. The standard InChI is InChI=1S/C22H24N2O4/c25-19(24-22(27)23-18-13-7-8-14-18)15-28-21(26)20(16-9-3-1-4-10-16)17-11-5-2-6-12-17/h1-6,9-12,18,20H,7-8,13-15H2,(H2,23,24,25,27). The van der Waals surface area contributed by atoms with Gasteiger partial charge in [-0.05, 0) is 24.0 Å². The van der Waals surface area contributed by atoms with E-state index in [-0.39, 0.29) is 6.04 Å². The molecule has 1 aliphatic carbocycles. The van der Waals surface area contributed by atoms with Gasteiger partial charge in [0.25, 0.3) is 5.91 Å². The Morgan fingerprint density at radius 2 is 1.43 bits per heavy atom. The molecule has 1 saturated carbocycles. The molecule has 146 valence electrons. The van der Waals surface area contributed by atoms with E-state index in [2.05, 4.69) is 10.6 Å². The fourth-order valence-electron chi connectivity index (χ4n) is 3.43. The summed E-state index contributed by atoms with van der Waals surface area (Å²) >= 11 is 0. The van der Waals surface area contributed by atoms with Crippen LogP contribution in [0.1, 0.15) is 42.7 Å². The van der Waals surface area contributed by atoms with Gasteiger partial charge in [-0.1, -0.05) is 73.5 Å². The van der Waals surface area contributed by atoms with Crippen LogP contribution in [-0.2, 0) is 14.3 Å². The largest absolute Gasteiger partial charge is 0.455 e. The van der Waals surface area contributed by atoms with Crippen LogP contribution in [0.3, 0.4) is 0 Å². The maximum atomic E-state index is 12.7. The number of amides is 3. The fourth-order valence-corrected chi connectivity index (χ4v) is 3.43. The van der Waals surface area contributed by atoms with Gasteiger partial charge in [-0.15, -0.1) is 0 Å². The summed E-state index contributed by atoms with van der Waals surface area (Å²) in [6.45, 7) is -0.507. The Morgan fingerprint density at radius 3 is 1.96 bits per heavy atom. The lowest BCUT2D eigenvalue weighted by atomic mass is 9.91. The quantitative estimate of drug-likeness (QED) is 0.754. The number of benzene rings is 2. The molecule has 1 fully saturated rings. The van der Waals surface area contributed by atoms with Gasteiger partial charge in [0.15, 0.2) is 6.61 Å². The Balaban J connectivity index is 1.57. The molecule has 28 heavy (non-hydrogen) atoms. The van der Waals surface area contributed by atoms with Gasteiger partial charge in [0.1, 0.15) is 5.92 Å². The van der Waals surface area contributed by atoms with E-state index < -0.39 is 30.4 Å². The first-order valence-electron chi connectivity index (χ1n) is 9.50. The molecule has 3 rings (SSSR count). The van der Waals surface area contributed by atoms with Crippen molar-refractivity contribution >= 4 is 17.9 Å². The third-order valence-corrected chi connectivity index (χ3v) is 4.79. The van der Waals surface area contributed by atoms with Crippen molar-refractivity contribution in [3.05, 3.63) is 71.8 Å². The average Bonchev–Trinajstić information content (AvgIpc) is 3.21. The van der Waals surface area contributed by atoms with Gasteiger partial charge in [0, 0.05) is 6.04 Å². The summed E-state index contributed by atoms with van der Waals surface area (Å²) in [7, 11) is 0. The van der Waals surface area contributed by atoms with Crippen molar-refractivity contribution in [2.45, 2.75) is 37.6 Å². The topological polar surface area (TPSA) is 84.5 Å². The third kappa shape index (κ3) is 5.42. The molecule has 6 nitrogen and oxygen atoms in total. The number of hydrogen-bond acceptors (Lipinski definition) is 4. The molecule has 6 heteroatoms. The van der Waals surface area contributed by atoms with Crippen molar-refractivity contribution in [3.8, 4) is 0 Å². The minimum atomic E-state index is -0.649. The van der Waals surface area contributed by atoms with Crippen LogP contribution in [0.15, 0.2) is 60.7 Å². The van der Waals surface area contributed by atoms with E-state index in [4.69, 9.17) is 4.74 Å². The second-order valence-corrected chi connectivity index (χ2v) is 6.87. The number of imide groups is 1. The van der Waals surface area contributed by atoms with Crippen molar-refractivity contribution in [2.75, 3.05) is 6.61 Å². The lowest BCUT2D eigenvalue weighted by Crippen LogP contribution is -2.45. The summed E-state index contributed by atoms with van der Waals surface area (Å²) in [6.07, 6.45) is 4.01. The monoisotopic (exact) mass is 380 g/mol. The summed E-state index contributed by atoms with van der Waals surface area (Å²) < 4.78 is 5.21. The number of esters is 1. The Kier molecular flexibility index (Phi) is 6.78. The van der Waals surface area contributed by atoms with E-state index in [0.29, 0.717) is 0 Å². The van der Waals surface area contributed by atoms with Crippen molar-refractivity contribution in [1.82, 2.24) is 10.6 Å². The van der Waals surface area contributed by atoms with Crippen LogP contribution in [0.25, 0.3) is 0 Å². The molecule has 2 N–H and O–H groups in total. The summed E-state index contributed by atoms with van der Waals surface area (Å²) in [4.78, 5) is 36.5. The maximum absolute atomic E-state index is 12.7. The normalized spacial score (nSPS) is 13.9. The molecule has 0 radical (unpaired) electrons. The molecular formula is C22H24N2O4. The summed E-state index contributed by atoms with van der Waals surface area (Å²) in [5.41, 5.74) is 1.55. The molecule has 0 unspecified atom stereocenters. The second kappa shape index (κ2) is 9.69. The van der Waals surface area contributed by atoms with Gasteiger partial charge in [-0.25, -0.2) is 4.79 Å². The first-order valence-corrected chi connectivity index (χ1v) is 9.50. The van der Waals surface area contributed by atoms with Crippen LogP contribution in [-0.4, -0.2) is 30.6 Å². The predicted molar refractivity (Wildman–Crippen MR) is 105 cm³/mol. The molecule has 0 aromatic heterocycles. The summed E-state index contributed by atoms with van der Waals surface area (Å²) in [6, 6.07) is 18.0. The average molecular weight is 380 g/mol. The zero-order valence-electron chi connectivity index (χ0n) is 15.6. The molecular weight excluding hydrogens is 356 g/mol. The van der Waals surface area contributed by atoms with E-state index in [1.54, 1.807) is 0 Å². The highest BCUT2D eigenvalue weighted by Crippen LogP contribution is 2.25. The maximum Gasteiger partial charge on any atom is 0.321 e. The smallest absolute Gasteiger partial charge is 0.321 e. The molecule has 0 aliphatic heterocycles. The number of nitrogens with one attached hydrogen (secondary N) is 2. The highest BCUT2D eigenvalue weighted by molar-refractivity contribution is 5.96.